The van der Waals surface area contributed by atoms with Gasteiger partial charge in [-0.3, -0.25) is 5.10 Å². The van der Waals surface area contributed by atoms with E-state index in [4.69, 9.17) is 4.74 Å². The lowest BCUT2D eigenvalue weighted by Gasteiger charge is -2.37. The van der Waals surface area contributed by atoms with Gasteiger partial charge in [-0.1, -0.05) is 17.9 Å². The van der Waals surface area contributed by atoms with E-state index >= 15 is 0 Å². The van der Waals surface area contributed by atoms with Crippen molar-refractivity contribution in [3.63, 3.8) is 0 Å². The topological polar surface area (TPSA) is 61.4 Å². The van der Waals surface area contributed by atoms with Crippen LogP contribution in [0, 0.1) is 17.8 Å². The normalized spacial score (nSPS) is 18.5. The summed E-state index contributed by atoms with van der Waals surface area (Å²) < 4.78 is 5.62. The van der Waals surface area contributed by atoms with Gasteiger partial charge in [0.2, 0.25) is 0 Å². The smallest absolute Gasteiger partial charge is 0.108 e. The van der Waals surface area contributed by atoms with Gasteiger partial charge in [0.05, 0.1) is 28.5 Å². The Morgan fingerprint density at radius 2 is 2.12 bits per heavy atom. The van der Waals surface area contributed by atoms with E-state index in [-0.39, 0.29) is 0 Å². The highest BCUT2D eigenvalue weighted by molar-refractivity contribution is 7.11. The van der Waals surface area contributed by atoms with Crippen LogP contribution < -0.4 is 4.90 Å². The zero-order valence-electron chi connectivity index (χ0n) is 19.0. The molecule has 2 fully saturated rings. The van der Waals surface area contributed by atoms with Crippen molar-refractivity contribution in [1.29, 1.82) is 0 Å². The number of hydrogen-bond donors (Lipinski definition) is 2. The molecule has 0 amide bonds. The molecule has 0 unspecified atom stereocenters. The second-order valence-electron chi connectivity index (χ2n) is 9.89. The molecule has 0 atom stereocenters. The van der Waals surface area contributed by atoms with Crippen molar-refractivity contribution in [3.8, 4) is 34.4 Å². The number of H-pyrrole nitrogens is 1. The summed E-state index contributed by atoms with van der Waals surface area (Å²) in [5.41, 5.74) is 7.89. The van der Waals surface area contributed by atoms with E-state index < -0.39 is 5.60 Å². The summed E-state index contributed by atoms with van der Waals surface area (Å²) in [6.07, 6.45) is 5.13. The Bertz CT molecular complexity index is 1230. The fourth-order valence-corrected chi connectivity index (χ4v) is 5.57. The number of aromatic amines is 1. The summed E-state index contributed by atoms with van der Waals surface area (Å²) in [5, 5.41) is 20.4. The molecule has 0 radical (unpaired) electrons. The average molecular weight is 460 g/mol. The molecule has 3 heterocycles. The standard InChI is InChI=1S/C27H29N3O2S/c1-27(31)8-10-30(11-9-27)21-6-7-23-19(13-21)15-24-25(28-29-26(23)24)20-14-22(33-17-20)3-2-12-32-16-18-4-5-18/h6-7,13-14,17-18,31H,4-5,8-12,15-16H2,1H3,(H,28,29). The number of benzene rings is 1. The van der Waals surface area contributed by atoms with Gasteiger partial charge in [-0.15, -0.1) is 11.3 Å². The van der Waals surface area contributed by atoms with Crippen LogP contribution >= 0.6 is 11.3 Å². The molecule has 1 saturated carbocycles. The van der Waals surface area contributed by atoms with E-state index in [1.165, 1.54) is 35.2 Å². The molecule has 2 aromatic heterocycles. The van der Waals surface area contributed by atoms with Crippen LogP contribution in [0.1, 0.15) is 48.6 Å². The minimum atomic E-state index is -0.529. The third-order valence-electron chi connectivity index (χ3n) is 7.11. The predicted molar refractivity (Wildman–Crippen MR) is 133 cm³/mol. The Balaban J connectivity index is 1.16. The molecule has 0 spiro atoms. The number of aromatic nitrogens is 2. The third-order valence-corrected chi connectivity index (χ3v) is 7.95. The summed E-state index contributed by atoms with van der Waals surface area (Å²) >= 11 is 1.66. The van der Waals surface area contributed by atoms with Crippen LogP contribution in [0.5, 0.6) is 0 Å². The molecular weight excluding hydrogens is 430 g/mol. The lowest BCUT2D eigenvalue weighted by molar-refractivity contribution is 0.0351. The maximum atomic E-state index is 10.3. The molecule has 33 heavy (non-hydrogen) atoms. The number of anilines is 1. The van der Waals surface area contributed by atoms with E-state index in [0.717, 1.165) is 66.7 Å². The fourth-order valence-electron chi connectivity index (χ4n) is 4.81. The van der Waals surface area contributed by atoms with Gasteiger partial charge in [0, 0.05) is 47.3 Å². The number of thiophene rings is 1. The Labute approximate surface area is 198 Å². The second kappa shape index (κ2) is 8.32. The maximum absolute atomic E-state index is 10.3. The minimum Gasteiger partial charge on any atom is -0.390 e. The van der Waals surface area contributed by atoms with Crippen molar-refractivity contribution in [2.75, 3.05) is 31.2 Å². The Morgan fingerprint density at radius 3 is 2.94 bits per heavy atom. The zero-order valence-corrected chi connectivity index (χ0v) is 19.8. The highest BCUT2D eigenvalue weighted by atomic mass is 32.1. The lowest BCUT2D eigenvalue weighted by atomic mass is 9.93. The Morgan fingerprint density at radius 1 is 1.27 bits per heavy atom. The summed E-state index contributed by atoms with van der Waals surface area (Å²) in [6.45, 7) is 5.10. The zero-order chi connectivity index (χ0) is 22.4. The predicted octanol–water partition coefficient (Wildman–Crippen LogP) is 4.84. The van der Waals surface area contributed by atoms with Crippen LogP contribution in [0.15, 0.2) is 29.6 Å². The molecule has 2 N–H and O–H groups in total. The number of aliphatic hydroxyl groups is 1. The maximum Gasteiger partial charge on any atom is 0.108 e. The third kappa shape index (κ3) is 4.33. The Hall–Kier alpha value is -2.59. The van der Waals surface area contributed by atoms with Crippen molar-refractivity contribution in [2.24, 2.45) is 5.92 Å². The minimum absolute atomic E-state index is 0.508. The molecule has 6 heteroatoms. The SMILES string of the molecule is CC1(O)CCN(c2ccc3c(c2)Cc2c(-c4csc(C#CCOCC5CC5)c4)n[nH]c2-3)CC1. The number of fused-ring (bicyclic) bond motifs is 3. The Kier molecular flexibility index (Phi) is 5.29. The van der Waals surface area contributed by atoms with Crippen LogP contribution in [0.25, 0.3) is 22.5 Å². The molecule has 1 aliphatic heterocycles. The first-order valence-corrected chi connectivity index (χ1v) is 12.8. The van der Waals surface area contributed by atoms with E-state index in [1.54, 1.807) is 11.3 Å². The van der Waals surface area contributed by atoms with Crippen LogP contribution in [0.2, 0.25) is 0 Å². The fraction of sp³-hybridized carbons (Fsp3) is 0.444. The molecule has 5 nitrogen and oxygen atoms in total. The number of piperidine rings is 1. The van der Waals surface area contributed by atoms with Gasteiger partial charge in [-0.05, 0) is 62.3 Å². The van der Waals surface area contributed by atoms with Gasteiger partial charge >= 0.3 is 0 Å². The summed E-state index contributed by atoms with van der Waals surface area (Å²) in [7, 11) is 0. The monoisotopic (exact) mass is 459 g/mol. The van der Waals surface area contributed by atoms with E-state index in [2.05, 4.69) is 56.6 Å². The van der Waals surface area contributed by atoms with E-state index in [0.29, 0.717) is 6.61 Å². The van der Waals surface area contributed by atoms with Gasteiger partial charge in [0.25, 0.3) is 0 Å². The van der Waals surface area contributed by atoms with Crippen LogP contribution in [0.3, 0.4) is 0 Å². The quantitative estimate of drug-likeness (QED) is 0.331. The number of hydrogen-bond acceptors (Lipinski definition) is 5. The molecule has 1 saturated heterocycles. The van der Waals surface area contributed by atoms with Crippen molar-refractivity contribution in [3.05, 3.63) is 45.6 Å². The first-order chi connectivity index (χ1) is 16.1. The van der Waals surface area contributed by atoms with Crippen molar-refractivity contribution in [1.82, 2.24) is 10.2 Å². The molecule has 170 valence electrons. The summed E-state index contributed by atoms with van der Waals surface area (Å²) in [4.78, 5) is 3.44. The molecule has 0 bridgehead atoms. The van der Waals surface area contributed by atoms with Crippen LogP contribution in [0.4, 0.5) is 5.69 Å². The highest BCUT2D eigenvalue weighted by Gasteiger charge is 2.29. The molecule has 3 aromatic rings. The van der Waals surface area contributed by atoms with E-state index in [1.807, 2.05) is 6.92 Å². The van der Waals surface area contributed by atoms with E-state index in [9.17, 15) is 5.11 Å². The number of ether oxygens (including phenoxy) is 1. The highest BCUT2D eigenvalue weighted by Crippen LogP contribution is 2.42. The molecule has 6 rings (SSSR count). The second-order valence-corrected chi connectivity index (χ2v) is 10.8. The van der Waals surface area contributed by atoms with Crippen molar-refractivity contribution in [2.45, 2.75) is 44.6 Å². The van der Waals surface area contributed by atoms with Gasteiger partial charge in [0.15, 0.2) is 0 Å². The first-order valence-electron chi connectivity index (χ1n) is 11.9. The average Bonchev–Trinajstić information content (AvgIpc) is 3.19. The van der Waals surface area contributed by atoms with Crippen molar-refractivity contribution >= 4 is 17.0 Å². The van der Waals surface area contributed by atoms with Crippen molar-refractivity contribution < 1.29 is 9.84 Å². The number of nitrogens with zero attached hydrogens (tertiary/aromatic N) is 2. The molecule has 1 aromatic carbocycles. The van der Waals surface area contributed by atoms with Gasteiger partial charge < -0.3 is 14.7 Å². The lowest BCUT2D eigenvalue weighted by Crippen LogP contribution is -2.42. The largest absolute Gasteiger partial charge is 0.390 e. The number of nitrogens with one attached hydrogen (secondary N) is 1. The van der Waals surface area contributed by atoms with Gasteiger partial charge in [-0.2, -0.15) is 5.10 Å². The van der Waals surface area contributed by atoms with Crippen LogP contribution in [-0.4, -0.2) is 47.2 Å². The molecule has 3 aliphatic rings. The van der Waals surface area contributed by atoms with Gasteiger partial charge in [0.1, 0.15) is 6.61 Å². The van der Waals surface area contributed by atoms with Crippen LogP contribution in [-0.2, 0) is 11.2 Å². The molecular formula is C27H29N3O2S. The first kappa shape index (κ1) is 21.0. The summed E-state index contributed by atoms with van der Waals surface area (Å²) in [6, 6.07) is 8.89. The van der Waals surface area contributed by atoms with Gasteiger partial charge in [-0.25, -0.2) is 0 Å². The number of rotatable bonds is 5. The molecule has 2 aliphatic carbocycles. The summed E-state index contributed by atoms with van der Waals surface area (Å²) in [5.74, 6) is 7.16.